The van der Waals surface area contributed by atoms with Gasteiger partial charge in [-0.05, 0) is 42.5 Å². The number of carbonyl (C=O) groups excluding carboxylic acids is 2. The summed E-state index contributed by atoms with van der Waals surface area (Å²) in [5.41, 5.74) is 3.97. The van der Waals surface area contributed by atoms with Crippen molar-refractivity contribution in [2.45, 2.75) is 0 Å². The van der Waals surface area contributed by atoms with Gasteiger partial charge in [0, 0.05) is 15.4 Å². The van der Waals surface area contributed by atoms with Crippen molar-refractivity contribution in [2.75, 3.05) is 14.2 Å². The summed E-state index contributed by atoms with van der Waals surface area (Å²) in [4.78, 5) is 36.6. The van der Waals surface area contributed by atoms with Gasteiger partial charge >= 0.3 is 5.63 Å². The number of amides is 2. The van der Waals surface area contributed by atoms with E-state index in [0.29, 0.717) is 22.5 Å². The Morgan fingerprint density at radius 2 is 1.64 bits per heavy atom. The molecule has 2 aromatic carbocycles. The first-order chi connectivity index (χ1) is 13.4. The van der Waals surface area contributed by atoms with Crippen molar-refractivity contribution in [1.29, 1.82) is 0 Å². The molecule has 0 saturated heterocycles. The Balaban J connectivity index is 1.77. The van der Waals surface area contributed by atoms with Gasteiger partial charge in [-0.15, -0.1) is 0 Å². The highest BCUT2D eigenvalue weighted by atomic mass is 79.9. The summed E-state index contributed by atoms with van der Waals surface area (Å²) >= 11 is 3.31. The van der Waals surface area contributed by atoms with Crippen LogP contribution in [0.15, 0.2) is 56.1 Å². The molecule has 0 aliphatic carbocycles. The summed E-state index contributed by atoms with van der Waals surface area (Å²) in [6, 6.07) is 11.0. The molecule has 1 heterocycles. The third-order valence-electron chi connectivity index (χ3n) is 3.87. The molecule has 2 amide bonds. The van der Waals surface area contributed by atoms with Crippen LogP contribution in [0.3, 0.4) is 0 Å². The van der Waals surface area contributed by atoms with Crippen LogP contribution in [0, 0.1) is 0 Å². The monoisotopic (exact) mass is 446 g/mol. The minimum absolute atomic E-state index is 0.229. The van der Waals surface area contributed by atoms with E-state index in [4.69, 9.17) is 13.9 Å². The van der Waals surface area contributed by atoms with Gasteiger partial charge in [0.25, 0.3) is 11.8 Å². The lowest BCUT2D eigenvalue weighted by atomic mass is 10.2. The van der Waals surface area contributed by atoms with Crippen LogP contribution in [0.5, 0.6) is 11.5 Å². The third kappa shape index (κ3) is 3.99. The number of nitrogens with one attached hydrogen (secondary N) is 2. The van der Waals surface area contributed by atoms with E-state index < -0.39 is 17.4 Å². The number of ether oxygens (including phenoxy) is 2. The zero-order chi connectivity index (χ0) is 20.3. The highest BCUT2D eigenvalue weighted by molar-refractivity contribution is 9.10. The smallest absolute Gasteiger partial charge is 0.349 e. The van der Waals surface area contributed by atoms with E-state index in [2.05, 4.69) is 26.8 Å². The molecule has 0 aliphatic rings. The van der Waals surface area contributed by atoms with E-state index in [1.165, 1.54) is 32.4 Å². The summed E-state index contributed by atoms with van der Waals surface area (Å²) in [6.45, 7) is 0. The van der Waals surface area contributed by atoms with Gasteiger partial charge in [-0.25, -0.2) is 4.79 Å². The average Bonchev–Trinajstić information content (AvgIpc) is 2.70. The molecule has 0 saturated carbocycles. The van der Waals surface area contributed by atoms with E-state index in [1.54, 1.807) is 24.3 Å². The number of hydrogen-bond acceptors (Lipinski definition) is 6. The first-order valence-corrected chi connectivity index (χ1v) is 8.78. The molecule has 9 heteroatoms. The second-order valence-corrected chi connectivity index (χ2v) is 6.52. The molecule has 1 aromatic heterocycles. The third-order valence-corrected chi connectivity index (χ3v) is 4.37. The predicted octanol–water partition coefficient (Wildman–Crippen LogP) is 2.65. The Labute approximate surface area is 167 Å². The van der Waals surface area contributed by atoms with Gasteiger partial charge in [-0.1, -0.05) is 15.9 Å². The SMILES string of the molecule is COc1ccc(C(=O)NNC(=O)c2cc3cc(Br)ccc3oc2=O)cc1OC. The zero-order valence-electron chi connectivity index (χ0n) is 14.9. The van der Waals surface area contributed by atoms with E-state index in [0.717, 1.165) is 4.47 Å². The van der Waals surface area contributed by atoms with E-state index >= 15 is 0 Å². The fraction of sp³-hybridized carbons (Fsp3) is 0.105. The zero-order valence-corrected chi connectivity index (χ0v) is 16.5. The fourth-order valence-corrected chi connectivity index (χ4v) is 2.86. The predicted molar refractivity (Wildman–Crippen MR) is 105 cm³/mol. The number of fused-ring (bicyclic) bond motifs is 1. The molecule has 0 spiro atoms. The number of halogens is 1. The molecule has 0 radical (unpaired) electrons. The van der Waals surface area contributed by atoms with Gasteiger partial charge in [0.1, 0.15) is 11.1 Å². The number of benzene rings is 2. The molecule has 2 N–H and O–H groups in total. The Bertz CT molecular complexity index is 1130. The van der Waals surface area contributed by atoms with Crippen LogP contribution in [-0.2, 0) is 0 Å². The highest BCUT2D eigenvalue weighted by Crippen LogP contribution is 2.27. The molecule has 28 heavy (non-hydrogen) atoms. The standard InChI is InChI=1S/C19H15BrN2O6/c1-26-15-5-3-10(9-16(15)27-2)17(23)21-22-18(24)13-8-11-7-12(20)4-6-14(11)28-19(13)25/h3-9H,1-2H3,(H,21,23)(H,22,24). The van der Waals surface area contributed by atoms with Crippen LogP contribution in [0.25, 0.3) is 11.0 Å². The molecule has 8 nitrogen and oxygen atoms in total. The van der Waals surface area contributed by atoms with E-state index in [9.17, 15) is 14.4 Å². The summed E-state index contributed by atoms with van der Waals surface area (Å²) in [6.07, 6.45) is 0. The van der Waals surface area contributed by atoms with Crippen LogP contribution in [-0.4, -0.2) is 26.0 Å². The molecule has 144 valence electrons. The molecule has 0 aliphatic heterocycles. The minimum atomic E-state index is -0.812. The molecular formula is C19H15BrN2O6. The second kappa shape index (κ2) is 8.13. The maximum Gasteiger partial charge on any atom is 0.349 e. The molecule has 0 fully saturated rings. The Morgan fingerprint density at radius 1 is 0.929 bits per heavy atom. The van der Waals surface area contributed by atoms with Crippen molar-refractivity contribution < 1.29 is 23.5 Å². The highest BCUT2D eigenvalue weighted by Gasteiger charge is 2.16. The number of methoxy groups -OCH3 is 2. The topological polar surface area (TPSA) is 107 Å². The average molecular weight is 447 g/mol. The summed E-state index contributed by atoms with van der Waals surface area (Å²) < 4.78 is 16.1. The fourth-order valence-electron chi connectivity index (χ4n) is 2.48. The maximum atomic E-state index is 12.3. The van der Waals surface area contributed by atoms with Gasteiger partial charge in [0.15, 0.2) is 11.5 Å². The second-order valence-electron chi connectivity index (χ2n) is 5.61. The number of hydrazine groups is 1. The van der Waals surface area contributed by atoms with Crippen LogP contribution >= 0.6 is 15.9 Å². The van der Waals surface area contributed by atoms with Crippen molar-refractivity contribution in [3.8, 4) is 11.5 Å². The Kier molecular flexibility index (Phi) is 5.65. The quantitative estimate of drug-likeness (QED) is 0.471. The minimum Gasteiger partial charge on any atom is -0.493 e. The number of carbonyl (C=O) groups is 2. The van der Waals surface area contributed by atoms with Crippen molar-refractivity contribution in [2.24, 2.45) is 0 Å². The molecule has 3 rings (SSSR count). The normalized spacial score (nSPS) is 10.4. The maximum absolute atomic E-state index is 12.3. The molecule has 0 bridgehead atoms. The lowest BCUT2D eigenvalue weighted by molar-refractivity contribution is 0.0844. The molecular weight excluding hydrogens is 432 g/mol. The summed E-state index contributed by atoms with van der Waals surface area (Å²) in [7, 11) is 2.92. The first-order valence-electron chi connectivity index (χ1n) is 7.99. The van der Waals surface area contributed by atoms with Gasteiger partial charge in [-0.2, -0.15) is 0 Å². The van der Waals surface area contributed by atoms with Crippen LogP contribution < -0.4 is 26.0 Å². The first kappa shape index (κ1) is 19.4. The van der Waals surface area contributed by atoms with Gasteiger partial charge in [0.2, 0.25) is 0 Å². The van der Waals surface area contributed by atoms with Crippen molar-refractivity contribution in [3.63, 3.8) is 0 Å². The van der Waals surface area contributed by atoms with Crippen molar-refractivity contribution in [3.05, 3.63) is 68.5 Å². The summed E-state index contributed by atoms with van der Waals surface area (Å²) in [5, 5.41) is 0.561. The lowest BCUT2D eigenvalue weighted by Gasteiger charge is -2.10. The number of hydrogen-bond donors (Lipinski definition) is 2. The largest absolute Gasteiger partial charge is 0.493 e. The Hall–Kier alpha value is -3.33. The molecule has 3 aromatic rings. The Morgan fingerprint density at radius 3 is 2.36 bits per heavy atom. The van der Waals surface area contributed by atoms with Crippen molar-refractivity contribution >= 4 is 38.7 Å². The van der Waals surface area contributed by atoms with Crippen LogP contribution in [0.1, 0.15) is 20.7 Å². The van der Waals surface area contributed by atoms with Crippen molar-refractivity contribution in [1.82, 2.24) is 10.9 Å². The van der Waals surface area contributed by atoms with Gasteiger partial charge in [-0.3, -0.25) is 20.4 Å². The van der Waals surface area contributed by atoms with Gasteiger partial charge in [0.05, 0.1) is 14.2 Å². The summed E-state index contributed by atoms with van der Waals surface area (Å²) in [5.74, 6) is -0.572. The van der Waals surface area contributed by atoms with E-state index in [1.807, 2.05) is 0 Å². The van der Waals surface area contributed by atoms with Crippen LogP contribution in [0.2, 0.25) is 0 Å². The van der Waals surface area contributed by atoms with Crippen LogP contribution in [0.4, 0.5) is 0 Å². The number of rotatable bonds is 4. The van der Waals surface area contributed by atoms with E-state index in [-0.39, 0.29) is 11.1 Å². The lowest BCUT2D eigenvalue weighted by Crippen LogP contribution is -2.43. The van der Waals surface area contributed by atoms with Gasteiger partial charge < -0.3 is 13.9 Å². The molecule has 0 atom stereocenters. The molecule has 0 unspecified atom stereocenters.